The van der Waals surface area contributed by atoms with E-state index in [0.29, 0.717) is 17.2 Å². The molecule has 1 aliphatic heterocycles. The summed E-state index contributed by atoms with van der Waals surface area (Å²) in [6.45, 7) is -0.0762. The summed E-state index contributed by atoms with van der Waals surface area (Å²) in [5, 5.41) is 11.1. The first-order chi connectivity index (χ1) is 10.7. The van der Waals surface area contributed by atoms with Gasteiger partial charge >= 0.3 is 0 Å². The van der Waals surface area contributed by atoms with E-state index >= 15 is 0 Å². The molecule has 0 saturated heterocycles. The third kappa shape index (κ3) is 2.67. The number of nitrogens with zero attached hydrogens (tertiary/aromatic N) is 1. The summed E-state index contributed by atoms with van der Waals surface area (Å²) >= 11 is 0. The van der Waals surface area contributed by atoms with Gasteiger partial charge in [-0.05, 0) is 11.6 Å². The summed E-state index contributed by atoms with van der Waals surface area (Å²) < 4.78 is 16.1. The summed E-state index contributed by atoms with van der Waals surface area (Å²) in [6, 6.07) is 12.8. The minimum atomic E-state index is -0.416. The molecule has 0 spiro atoms. The van der Waals surface area contributed by atoms with Gasteiger partial charge in [-0.1, -0.05) is 30.3 Å². The lowest BCUT2D eigenvalue weighted by molar-refractivity contribution is -0.481. The number of fused-ring (bicyclic) bond motifs is 1. The molecule has 6 nitrogen and oxygen atoms in total. The van der Waals surface area contributed by atoms with E-state index in [1.54, 1.807) is 12.1 Å². The predicted octanol–water partition coefficient (Wildman–Crippen LogP) is 2.83. The van der Waals surface area contributed by atoms with E-state index in [2.05, 4.69) is 0 Å². The molecular weight excluding hydrogens is 286 g/mol. The lowest BCUT2D eigenvalue weighted by atomic mass is 9.90. The van der Waals surface area contributed by atoms with E-state index in [1.807, 2.05) is 30.3 Å². The van der Waals surface area contributed by atoms with Crippen LogP contribution < -0.4 is 14.2 Å². The Bertz CT molecular complexity index is 686. The van der Waals surface area contributed by atoms with Gasteiger partial charge in [0.2, 0.25) is 13.3 Å². The summed E-state index contributed by atoms with van der Waals surface area (Å²) in [4.78, 5) is 10.8. The maximum absolute atomic E-state index is 11.1. The molecule has 114 valence electrons. The van der Waals surface area contributed by atoms with E-state index < -0.39 is 5.92 Å². The second-order valence-corrected chi connectivity index (χ2v) is 4.93. The fourth-order valence-electron chi connectivity index (χ4n) is 2.61. The molecule has 0 unspecified atom stereocenters. The Hall–Kier alpha value is -2.76. The number of ether oxygens (including phenoxy) is 3. The van der Waals surface area contributed by atoms with E-state index in [-0.39, 0.29) is 18.3 Å². The van der Waals surface area contributed by atoms with E-state index in [9.17, 15) is 10.1 Å². The molecule has 0 amide bonds. The Kier molecular flexibility index (Phi) is 3.82. The third-order valence-corrected chi connectivity index (χ3v) is 3.63. The van der Waals surface area contributed by atoms with Gasteiger partial charge in [-0.3, -0.25) is 10.1 Å². The van der Waals surface area contributed by atoms with Crippen LogP contribution in [0.1, 0.15) is 17.0 Å². The van der Waals surface area contributed by atoms with Crippen molar-refractivity contribution < 1.29 is 19.1 Å². The molecule has 3 rings (SSSR count). The van der Waals surface area contributed by atoms with Crippen LogP contribution in [-0.4, -0.2) is 25.4 Å². The van der Waals surface area contributed by atoms with Crippen molar-refractivity contribution in [2.24, 2.45) is 0 Å². The van der Waals surface area contributed by atoms with Gasteiger partial charge in [0.25, 0.3) is 0 Å². The van der Waals surface area contributed by atoms with E-state index in [1.165, 1.54) is 7.11 Å². The highest BCUT2D eigenvalue weighted by molar-refractivity contribution is 5.54. The molecule has 6 heteroatoms. The van der Waals surface area contributed by atoms with Gasteiger partial charge in [0.1, 0.15) is 5.75 Å². The Morgan fingerprint density at radius 2 is 1.91 bits per heavy atom. The second-order valence-electron chi connectivity index (χ2n) is 4.93. The number of methoxy groups -OCH3 is 1. The highest BCUT2D eigenvalue weighted by Gasteiger charge is 2.27. The lowest BCUT2D eigenvalue weighted by Gasteiger charge is -2.17. The molecular formula is C16H15NO5. The van der Waals surface area contributed by atoms with Crippen molar-refractivity contribution >= 4 is 0 Å². The fourth-order valence-corrected chi connectivity index (χ4v) is 2.61. The average Bonchev–Trinajstić information content (AvgIpc) is 2.99. The van der Waals surface area contributed by atoms with Gasteiger partial charge in [-0.2, -0.15) is 0 Å². The molecule has 1 heterocycles. The molecule has 0 saturated carbocycles. The number of hydrogen-bond donors (Lipinski definition) is 0. The zero-order valence-electron chi connectivity index (χ0n) is 12.0. The Balaban J connectivity index is 2.09. The van der Waals surface area contributed by atoms with Gasteiger partial charge in [-0.25, -0.2) is 0 Å². The van der Waals surface area contributed by atoms with Crippen LogP contribution in [0.25, 0.3) is 0 Å². The molecule has 0 N–H and O–H groups in total. The number of nitro groups is 1. The molecule has 2 aromatic rings. The molecule has 0 fully saturated rings. The van der Waals surface area contributed by atoms with Crippen LogP contribution in [0.4, 0.5) is 0 Å². The van der Waals surface area contributed by atoms with Gasteiger partial charge in [0, 0.05) is 16.6 Å². The van der Waals surface area contributed by atoms with Gasteiger partial charge < -0.3 is 14.2 Å². The molecule has 1 atom stereocenters. The first-order valence-corrected chi connectivity index (χ1v) is 6.83. The Morgan fingerprint density at radius 1 is 1.23 bits per heavy atom. The van der Waals surface area contributed by atoms with Crippen LogP contribution in [0.15, 0.2) is 42.5 Å². The summed E-state index contributed by atoms with van der Waals surface area (Å²) in [6.07, 6.45) is 0. The summed E-state index contributed by atoms with van der Waals surface area (Å²) in [5.74, 6) is 1.31. The number of benzene rings is 2. The van der Waals surface area contributed by atoms with Gasteiger partial charge in [0.05, 0.1) is 13.0 Å². The Labute approximate surface area is 127 Å². The van der Waals surface area contributed by atoms with Crippen molar-refractivity contribution in [2.45, 2.75) is 5.92 Å². The van der Waals surface area contributed by atoms with Crippen molar-refractivity contribution in [3.05, 3.63) is 63.7 Å². The molecule has 2 aromatic carbocycles. The fraction of sp³-hybridized carbons (Fsp3) is 0.250. The van der Waals surface area contributed by atoms with Crippen molar-refractivity contribution in [1.82, 2.24) is 0 Å². The maximum Gasteiger partial charge on any atom is 0.231 e. The van der Waals surface area contributed by atoms with E-state index in [4.69, 9.17) is 14.2 Å². The van der Waals surface area contributed by atoms with Crippen molar-refractivity contribution in [1.29, 1.82) is 0 Å². The first-order valence-electron chi connectivity index (χ1n) is 6.83. The van der Waals surface area contributed by atoms with Crippen LogP contribution in [-0.2, 0) is 0 Å². The standard InChI is InChI=1S/C16H15NO5/c1-20-14-8-16-15(21-10-22-16)7-12(14)13(9-17(18)19)11-5-3-2-4-6-11/h2-8,13H,9-10H2,1H3/t13-/m0/s1. The topological polar surface area (TPSA) is 70.8 Å². The zero-order valence-corrected chi connectivity index (χ0v) is 12.0. The minimum Gasteiger partial charge on any atom is -0.496 e. The van der Waals surface area contributed by atoms with Crippen LogP contribution in [0.5, 0.6) is 17.2 Å². The normalized spacial score (nSPS) is 13.7. The van der Waals surface area contributed by atoms with Crippen molar-refractivity contribution in [3.63, 3.8) is 0 Å². The van der Waals surface area contributed by atoms with Crippen LogP contribution in [0.2, 0.25) is 0 Å². The van der Waals surface area contributed by atoms with Crippen molar-refractivity contribution in [2.75, 3.05) is 20.4 Å². The van der Waals surface area contributed by atoms with Gasteiger partial charge in [-0.15, -0.1) is 0 Å². The maximum atomic E-state index is 11.1. The van der Waals surface area contributed by atoms with Crippen LogP contribution >= 0.6 is 0 Å². The predicted molar refractivity (Wildman–Crippen MR) is 79.3 cm³/mol. The van der Waals surface area contributed by atoms with Gasteiger partial charge in [0.15, 0.2) is 11.5 Å². The van der Waals surface area contributed by atoms with E-state index in [0.717, 1.165) is 11.1 Å². The largest absolute Gasteiger partial charge is 0.496 e. The number of rotatable bonds is 5. The molecule has 0 radical (unpaired) electrons. The average molecular weight is 301 g/mol. The van der Waals surface area contributed by atoms with Crippen LogP contribution in [0.3, 0.4) is 0 Å². The summed E-state index contributed by atoms with van der Waals surface area (Å²) in [5.41, 5.74) is 1.58. The molecule has 0 aliphatic carbocycles. The molecule has 0 aromatic heterocycles. The third-order valence-electron chi connectivity index (χ3n) is 3.63. The quantitative estimate of drug-likeness (QED) is 0.627. The Morgan fingerprint density at radius 3 is 2.55 bits per heavy atom. The minimum absolute atomic E-state index is 0.146. The first kappa shape index (κ1) is 14.2. The smallest absolute Gasteiger partial charge is 0.231 e. The summed E-state index contributed by atoms with van der Waals surface area (Å²) in [7, 11) is 1.54. The second kappa shape index (κ2) is 5.93. The molecule has 22 heavy (non-hydrogen) atoms. The monoisotopic (exact) mass is 301 g/mol. The van der Waals surface area contributed by atoms with Crippen molar-refractivity contribution in [3.8, 4) is 17.2 Å². The SMILES string of the molecule is COc1cc2c(cc1[C@@H](C[N+](=O)[O-])c1ccccc1)OCO2. The highest BCUT2D eigenvalue weighted by atomic mass is 16.7. The molecule has 1 aliphatic rings. The highest BCUT2D eigenvalue weighted by Crippen LogP contribution is 2.42. The zero-order chi connectivity index (χ0) is 15.5. The lowest BCUT2D eigenvalue weighted by Crippen LogP contribution is -2.14. The van der Waals surface area contributed by atoms with Crippen LogP contribution in [0, 0.1) is 10.1 Å². The number of hydrogen-bond acceptors (Lipinski definition) is 5. The molecule has 0 bridgehead atoms.